The molecule has 0 spiro atoms. The van der Waals surface area contributed by atoms with E-state index in [1.807, 2.05) is 0 Å². The fraction of sp³-hybridized carbons (Fsp3) is 0.533. The number of nitrogens with one attached hydrogen (secondary N) is 1. The van der Waals surface area contributed by atoms with E-state index < -0.39 is 5.91 Å². The van der Waals surface area contributed by atoms with E-state index in [0.29, 0.717) is 16.9 Å². The summed E-state index contributed by atoms with van der Waals surface area (Å²) in [7, 11) is 0. The zero-order valence-corrected chi connectivity index (χ0v) is 11.1. The molecule has 0 aliphatic heterocycles. The maximum absolute atomic E-state index is 11.4. The van der Waals surface area contributed by atoms with Crippen molar-refractivity contribution in [2.45, 2.75) is 25.7 Å². The Balaban J connectivity index is 1.73. The Morgan fingerprint density at radius 2 is 1.89 bits per heavy atom. The number of nitrogens with two attached hydrogens (primary N) is 2. The third kappa shape index (κ3) is 2.67. The van der Waals surface area contributed by atoms with Gasteiger partial charge in [-0.25, -0.2) is 0 Å². The molecule has 5 N–H and O–H groups in total. The SMILES string of the molecule is NC(=O)c1cccc(N)c1NCC(C1CC1)C1CC1. The third-order valence-electron chi connectivity index (χ3n) is 4.33. The predicted molar refractivity (Wildman–Crippen MR) is 76.8 cm³/mol. The van der Waals surface area contributed by atoms with Gasteiger partial charge in [0.05, 0.1) is 16.9 Å². The molecule has 0 unspecified atom stereocenters. The van der Waals surface area contributed by atoms with Gasteiger partial charge in [-0.1, -0.05) is 6.07 Å². The van der Waals surface area contributed by atoms with Crippen LogP contribution in [0.25, 0.3) is 0 Å². The highest BCUT2D eigenvalue weighted by atomic mass is 16.1. The Bertz CT molecular complexity index is 480. The van der Waals surface area contributed by atoms with Crippen LogP contribution in [0.5, 0.6) is 0 Å². The standard InChI is InChI=1S/C15H21N3O/c16-13-3-1-2-11(15(17)19)14(13)18-8-12(9-4-5-9)10-6-7-10/h1-3,9-10,12,18H,4-8,16H2,(H2,17,19). The van der Waals surface area contributed by atoms with Crippen LogP contribution in [0.1, 0.15) is 36.0 Å². The molecule has 4 heteroatoms. The van der Waals surface area contributed by atoms with Crippen molar-refractivity contribution in [3.8, 4) is 0 Å². The number of hydrogen-bond donors (Lipinski definition) is 3. The summed E-state index contributed by atoms with van der Waals surface area (Å²) in [5.74, 6) is 2.06. The van der Waals surface area contributed by atoms with Crippen molar-refractivity contribution < 1.29 is 4.79 Å². The molecule has 0 radical (unpaired) electrons. The Morgan fingerprint density at radius 1 is 1.26 bits per heavy atom. The Kier molecular flexibility index (Phi) is 3.09. The Hall–Kier alpha value is -1.71. The fourth-order valence-electron chi connectivity index (χ4n) is 2.96. The number of hydrogen-bond acceptors (Lipinski definition) is 3. The van der Waals surface area contributed by atoms with E-state index in [4.69, 9.17) is 11.5 Å². The van der Waals surface area contributed by atoms with Crippen molar-refractivity contribution in [1.82, 2.24) is 0 Å². The van der Waals surface area contributed by atoms with Gasteiger partial charge in [0.15, 0.2) is 0 Å². The minimum Gasteiger partial charge on any atom is -0.397 e. The lowest BCUT2D eigenvalue weighted by Crippen LogP contribution is -2.21. The summed E-state index contributed by atoms with van der Waals surface area (Å²) in [4.78, 5) is 11.4. The summed E-state index contributed by atoms with van der Waals surface area (Å²) >= 11 is 0. The molecule has 1 amide bonds. The van der Waals surface area contributed by atoms with E-state index in [-0.39, 0.29) is 0 Å². The van der Waals surface area contributed by atoms with Crippen LogP contribution >= 0.6 is 0 Å². The van der Waals surface area contributed by atoms with E-state index in [1.165, 1.54) is 25.7 Å². The van der Waals surface area contributed by atoms with Gasteiger partial charge < -0.3 is 16.8 Å². The quantitative estimate of drug-likeness (QED) is 0.685. The number of nitrogen functional groups attached to an aromatic ring is 1. The summed E-state index contributed by atoms with van der Waals surface area (Å²) in [5, 5.41) is 3.38. The molecule has 2 aliphatic carbocycles. The first-order valence-electron chi connectivity index (χ1n) is 7.09. The van der Waals surface area contributed by atoms with Gasteiger partial charge >= 0.3 is 0 Å². The van der Waals surface area contributed by atoms with Crippen LogP contribution < -0.4 is 16.8 Å². The van der Waals surface area contributed by atoms with Crippen LogP contribution in [-0.4, -0.2) is 12.5 Å². The molecule has 102 valence electrons. The average Bonchev–Trinajstić information content (AvgIpc) is 3.25. The molecule has 2 fully saturated rings. The van der Waals surface area contributed by atoms with Crippen LogP contribution in [0.3, 0.4) is 0 Å². The number of benzene rings is 1. The zero-order valence-electron chi connectivity index (χ0n) is 11.1. The second-order valence-electron chi connectivity index (χ2n) is 5.85. The summed E-state index contributed by atoms with van der Waals surface area (Å²) < 4.78 is 0. The first-order chi connectivity index (χ1) is 9.16. The van der Waals surface area contributed by atoms with E-state index in [2.05, 4.69) is 5.32 Å². The molecule has 2 saturated carbocycles. The summed E-state index contributed by atoms with van der Waals surface area (Å²) in [5.41, 5.74) is 13.2. The molecule has 1 aromatic carbocycles. The Labute approximate surface area is 113 Å². The number of rotatable bonds is 6. The van der Waals surface area contributed by atoms with Crippen LogP contribution in [0.4, 0.5) is 11.4 Å². The van der Waals surface area contributed by atoms with E-state index in [9.17, 15) is 4.79 Å². The number of carbonyl (C=O) groups excluding carboxylic acids is 1. The topological polar surface area (TPSA) is 81.1 Å². The molecule has 4 nitrogen and oxygen atoms in total. The lowest BCUT2D eigenvalue weighted by atomic mass is 9.97. The highest BCUT2D eigenvalue weighted by molar-refractivity contribution is 6.01. The molecule has 0 atom stereocenters. The van der Waals surface area contributed by atoms with E-state index >= 15 is 0 Å². The van der Waals surface area contributed by atoms with Gasteiger partial charge in [-0.05, 0) is 55.6 Å². The third-order valence-corrected chi connectivity index (χ3v) is 4.33. The van der Waals surface area contributed by atoms with Crippen molar-refractivity contribution in [3.63, 3.8) is 0 Å². The van der Waals surface area contributed by atoms with Gasteiger partial charge in [0.2, 0.25) is 0 Å². The first-order valence-corrected chi connectivity index (χ1v) is 7.09. The molecular weight excluding hydrogens is 238 g/mol. The van der Waals surface area contributed by atoms with Crippen LogP contribution in [0.2, 0.25) is 0 Å². The highest BCUT2D eigenvalue weighted by Gasteiger charge is 2.41. The molecular formula is C15H21N3O. The number of carbonyl (C=O) groups is 1. The van der Waals surface area contributed by atoms with Crippen molar-refractivity contribution in [2.75, 3.05) is 17.6 Å². The van der Waals surface area contributed by atoms with Crippen LogP contribution in [-0.2, 0) is 0 Å². The van der Waals surface area contributed by atoms with Gasteiger partial charge in [0.1, 0.15) is 0 Å². The van der Waals surface area contributed by atoms with Crippen molar-refractivity contribution in [3.05, 3.63) is 23.8 Å². The first kappa shape index (κ1) is 12.3. The second-order valence-corrected chi connectivity index (χ2v) is 5.85. The molecule has 3 rings (SSSR count). The van der Waals surface area contributed by atoms with Crippen LogP contribution in [0.15, 0.2) is 18.2 Å². The van der Waals surface area contributed by atoms with Gasteiger partial charge in [-0.3, -0.25) is 4.79 Å². The lowest BCUT2D eigenvalue weighted by Gasteiger charge is -2.19. The minimum absolute atomic E-state index is 0.427. The number of para-hydroxylation sites is 1. The summed E-state index contributed by atoms with van der Waals surface area (Å²) in [6.45, 7) is 0.907. The normalized spacial score (nSPS) is 18.6. The van der Waals surface area contributed by atoms with Crippen molar-refractivity contribution in [1.29, 1.82) is 0 Å². The number of amides is 1. The summed E-state index contributed by atoms with van der Waals surface area (Å²) in [6.07, 6.45) is 5.43. The molecule has 0 saturated heterocycles. The predicted octanol–water partition coefficient (Wildman–Crippen LogP) is 2.22. The van der Waals surface area contributed by atoms with E-state index in [0.717, 1.165) is 24.3 Å². The fourth-order valence-corrected chi connectivity index (χ4v) is 2.96. The number of anilines is 2. The molecule has 0 heterocycles. The second kappa shape index (κ2) is 4.76. The largest absolute Gasteiger partial charge is 0.397 e. The highest BCUT2D eigenvalue weighted by Crippen LogP contribution is 2.49. The average molecular weight is 259 g/mol. The zero-order chi connectivity index (χ0) is 13.4. The smallest absolute Gasteiger partial charge is 0.250 e. The lowest BCUT2D eigenvalue weighted by molar-refractivity contribution is 0.100. The molecule has 19 heavy (non-hydrogen) atoms. The van der Waals surface area contributed by atoms with Gasteiger partial charge in [-0.15, -0.1) is 0 Å². The summed E-state index contributed by atoms with van der Waals surface area (Å²) in [6, 6.07) is 5.29. The van der Waals surface area contributed by atoms with E-state index in [1.54, 1.807) is 18.2 Å². The Morgan fingerprint density at radius 3 is 2.42 bits per heavy atom. The van der Waals surface area contributed by atoms with Gasteiger partial charge in [0, 0.05) is 6.54 Å². The monoisotopic (exact) mass is 259 g/mol. The molecule has 0 aromatic heterocycles. The maximum atomic E-state index is 11.4. The van der Waals surface area contributed by atoms with Crippen molar-refractivity contribution >= 4 is 17.3 Å². The number of primary amides is 1. The minimum atomic E-state index is -0.427. The van der Waals surface area contributed by atoms with Gasteiger partial charge in [0.25, 0.3) is 5.91 Å². The maximum Gasteiger partial charge on any atom is 0.250 e. The molecule has 2 aliphatic rings. The van der Waals surface area contributed by atoms with Gasteiger partial charge in [-0.2, -0.15) is 0 Å². The van der Waals surface area contributed by atoms with Crippen LogP contribution in [0, 0.1) is 17.8 Å². The molecule has 0 bridgehead atoms. The van der Waals surface area contributed by atoms with Crippen molar-refractivity contribution in [2.24, 2.45) is 23.5 Å². The molecule has 1 aromatic rings.